The third-order valence-corrected chi connectivity index (χ3v) is 2.78. The van der Waals surface area contributed by atoms with Gasteiger partial charge < -0.3 is 5.73 Å². The summed E-state index contributed by atoms with van der Waals surface area (Å²) in [6.07, 6.45) is 3.18. The van der Waals surface area contributed by atoms with Crippen LogP contribution in [-0.2, 0) is 0 Å². The Hall–Kier alpha value is -1.81. The lowest BCUT2D eigenvalue weighted by Gasteiger charge is -2.15. The fraction of sp³-hybridized carbons (Fsp3) is 0.231. The van der Waals surface area contributed by atoms with Crippen molar-refractivity contribution in [2.24, 2.45) is 5.73 Å². The van der Waals surface area contributed by atoms with Gasteiger partial charge in [0, 0.05) is 18.7 Å². The summed E-state index contributed by atoms with van der Waals surface area (Å²) in [6, 6.07) is 6.86. The maximum absolute atomic E-state index is 13.2. The van der Waals surface area contributed by atoms with E-state index in [0.717, 1.165) is 11.3 Å². The van der Waals surface area contributed by atoms with Gasteiger partial charge in [-0.2, -0.15) is 0 Å². The Balaban J connectivity index is 2.39. The second-order valence-electron chi connectivity index (χ2n) is 3.93. The van der Waals surface area contributed by atoms with Gasteiger partial charge in [-0.1, -0.05) is 12.1 Å². The number of aryl methyl sites for hydroxylation is 1. The molecule has 0 aliphatic rings. The summed E-state index contributed by atoms with van der Waals surface area (Å²) in [7, 11) is 0. The van der Waals surface area contributed by atoms with Gasteiger partial charge in [-0.15, -0.1) is 0 Å². The van der Waals surface area contributed by atoms with Crippen LogP contribution in [0.4, 0.5) is 4.39 Å². The number of rotatable bonds is 3. The minimum Gasteiger partial charge on any atom is -0.329 e. The number of nitrogens with two attached hydrogens (primary N) is 1. The molecule has 0 aliphatic heterocycles. The Bertz CT molecular complexity index is 499. The molecular weight excluding hydrogens is 217 g/mol. The molecule has 1 heterocycles. The van der Waals surface area contributed by atoms with Crippen LogP contribution >= 0.6 is 0 Å². The highest BCUT2D eigenvalue weighted by molar-refractivity contribution is 5.32. The van der Waals surface area contributed by atoms with E-state index in [-0.39, 0.29) is 11.7 Å². The zero-order chi connectivity index (χ0) is 12.3. The van der Waals surface area contributed by atoms with E-state index in [4.69, 9.17) is 5.73 Å². The quantitative estimate of drug-likeness (QED) is 0.879. The predicted octanol–water partition coefficient (Wildman–Crippen LogP) is 2.01. The Morgan fingerprint density at radius 2 is 2.18 bits per heavy atom. The van der Waals surface area contributed by atoms with Gasteiger partial charge in [0.15, 0.2) is 0 Å². The zero-order valence-electron chi connectivity index (χ0n) is 9.60. The van der Waals surface area contributed by atoms with Crippen LogP contribution in [0.25, 0.3) is 0 Å². The number of halogens is 1. The molecule has 88 valence electrons. The first-order chi connectivity index (χ1) is 8.22. The normalized spacial score (nSPS) is 12.4. The smallest absolute Gasteiger partial charge is 0.126 e. The summed E-state index contributed by atoms with van der Waals surface area (Å²) >= 11 is 0. The lowest BCUT2D eigenvalue weighted by molar-refractivity contribution is 0.616. The van der Waals surface area contributed by atoms with E-state index in [2.05, 4.69) is 9.97 Å². The van der Waals surface area contributed by atoms with E-state index in [1.165, 1.54) is 12.4 Å². The third kappa shape index (κ3) is 2.47. The topological polar surface area (TPSA) is 51.8 Å². The number of benzene rings is 1. The van der Waals surface area contributed by atoms with Crippen molar-refractivity contribution in [1.29, 1.82) is 0 Å². The summed E-state index contributed by atoms with van der Waals surface area (Å²) < 4.78 is 13.2. The highest BCUT2D eigenvalue weighted by Crippen LogP contribution is 2.23. The highest BCUT2D eigenvalue weighted by atomic mass is 19.1. The summed E-state index contributed by atoms with van der Waals surface area (Å²) in [6.45, 7) is 2.18. The van der Waals surface area contributed by atoms with E-state index < -0.39 is 0 Å². The molecule has 0 bridgehead atoms. The largest absolute Gasteiger partial charge is 0.329 e. The Kier molecular flexibility index (Phi) is 3.44. The van der Waals surface area contributed by atoms with Crippen molar-refractivity contribution >= 4 is 0 Å². The molecule has 0 aliphatic carbocycles. The average molecular weight is 231 g/mol. The van der Waals surface area contributed by atoms with Crippen LogP contribution in [0.15, 0.2) is 36.8 Å². The number of aromatic nitrogens is 2. The van der Waals surface area contributed by atoms with Gasteiger partial charge in [0.1, 0.15) is 12.1 Å². The highest BCUT2D eigenvalue weighted by Gasteiger charge is 2.14. The SMILES string of the molecule is Cc1cc(C(CN)c2ccncn2)ccc1F. The van der Waals surface area contributed by atoms with Crippen LogP contribution in [0.3, 0.4) is 0 Å². The molecule has 1 unspecified atom stereocenters. The number of nitrogens with zero attached hydrogens (tertiary/aromatic N) is 2. The molecule has 0 amide bonds. The van der Waals surface area contributed by atoms with Crippen LogP contribution in [0.5, 0.6) is 0 Å². The van der Waals surface area contributed by atoms with Crippen molar-refractivity contribution in [2.45, 2.75) is 12.8 Å². The molecule has 4 heteroatoms. The van der Waals surface area contributed by atoms with Crippen molar-refractivity contribution in [3.8, 4) is 0 Å². The molecule has 0 radical (unpaired) electrons. The molecular formula is C13H14FN3. The fourth-order valence-corrected chi connectivity index (χ4v) is 1.82. The summed E-state index contributed by atoms with van der Waals surface area (Å²) in [4.78, 5) is 8.07. The average Bonchev–Trinajstić information content (AvgIpc) is 2.36. The van der Waals surface area contributed by atoms with E-state index in [1.54, 1.807) is 19.2 Å². The van der Waals surface area contributed by atoms with Gasteiger partial charge in [0.05, 0.1) is 5.69 Å². The first kappa shape index (κ1) is 11.7. The summed E-state index contributed by atoms with van der Waals surface area (Å²) in [5.74, 6) is -0.218. The minimum atomic E-state index is -0.202. The number of hydrogen-bond acceptors (Lipinski definition) is 3. The molecule has 1 aromatic heterocycles. The minimum absolute atomic E-state index is 0.0164. The second kappa shape index (κ2) is 5.01. The molecule has 2 N–H and O–H groups in total. The lowest BCUT2D eigenvalue weighted by atomic mass is 9.94. The van der Waals surface area contributed by atoms with E-state index in [9.17, 15) is 4.39 Å². The van der Waals surface area contributed by atoms with Gasteiger partial charge in [0.25, 0.3) is 0 Å². The Morgan fingerprint density at radius 3 is 2.76 bits per heavy atom. The fourth-order valence-electron chi connectivity index (χ4n) is 1.82. The molecule has 0 saturated carbocycles. The standard InChI is InChI=1S/C13H14FN3/c1-9-6-10(2-3-12(9)14)11(7-15)13-4-5-16-8-17-13/h2-6,8,11H,7,15H2,1H3. The van der Waals surface area contributed by atoms with Crippen LogP contribution in [0.1, 0.15) is 22.7 Å². The molecule has 2 aromatic rings. The van der Waals surface area contributed by atoms with E-state index in [1.807, 2.05) is 12.1 Å². The monoisotopic (exact) mass is 231 g/mol. The van der Waals surface area contributed by atoms with Crippen LogP contribution in [0, 0.1) is 12.7 Å². The maximum atomic E-state index is 13.2. The maximum Gasteiger partial charge on any atom is 0.126 e. The van der Waals surface area contributed by atoms with Crippen LogP contribution in [0.2, 0.25) is 0 Å². The molecule has 1 atom stereocenters. The van der Waals surface area contributed by atoms with Crippen LogP contribution in [-0.4, -0.2) is 16.5 Å². The van der Waals surface area contributed by atoms with Crippen molar-refractivity contribution in [3.63, 3.8) is 0 Å². The van der Waals surface area contributed by atoms with Gasteiger partial charge in [-0.25, -0.2) is 14.4 Å². The summed E-state index contributed by atoms with van der Waals surface area (Å²) in [5.41, 5.74) is 8.22. The predicted molar refractivity (Wildman–Crippen MR) is 64.1 cm³/mol. The molecule has 0 saturated heterocycles. The Labute approximate surface area is 99.5 Å². The molecule has 2 rings (SSSR count). The Morgan fingerprint density at radius 1 is 1.35 bits per heavy atom. The van der Waals surface area contributed by atoms with Crippen molar-refractivity contribution in [2.75, 3.05) is 6.54 Å². The second-order valence-corrected chi connectivity index (χ2v) is 3.93. The van der Waals surface area contributed by atoms with E-state index >= 15 is 0 Å². The van der Waals surface area contributed by atoms with Gasteiger partial charge in [0.2, 0.25) is 0 Å². The molecule has 0 fully saturated rings. The van der Waals surface area contributed by atoms with Crippen molar-refractivity contribution in [3.05, 3.63) is 59.4 Å². The van der Waals surface area contributed by atoms with Crippen molar-refractivity contribution in [1.82, 2.24) is 9.97 Å². The van der Waals surface area contributed by atoms with Crippen LogP contribution < -0.4 is 5.73 Å². The van der Waals surface area contributed by atoms with Gasteiger partial charge in [-0.3, -0.25) is 0 Å². The zero-order valence-corrected chi connectivity index (χ0v) is 9.60. The third-order valence-electron chi connectivity index (χ3n) is 2.78. The number of hydrogen-bond donors (Lipinski definition) is 1. The molecule has 3 nitrogen and oxygen atoms in total. The van der Waals surface area contributed by atoms with Gasteiger partial charge in [-0.05, 0) is 30.2 Å². The summed E-state index contributed by atoms with van der Waals surface area (Å²) in [5, 5.41) is 0. The van der Waals surface area contributed by atoms with Crippen molar-refractivity contribution < 1.29 is 4.39 Å². The van der Waals surface area contributed by atoms with Gasteiger partial charge >= 0.3 is 0 Å². The first-order valence-electron chi connectivity index (χ1n) is 5.44. The van der Waals surface area contributed by atoms with E-state index in [0.29, 0.717) is 12.1 Å². The molecule has 0 spiro atoms. The lowest BCUT2D eigenvalue weighted by Crippen LogP contribution is -2.15. The molecule has 1 aromatic carbocycles. The first-order valence-corrected chi connectivity index (χ1v) is 5.44. The molecule has 17 heavy (non-hydrogen) atoms.